The van der Waals surface area contributed by atoms with Crippen molar-refractivity contribution in [2.45, 2.75) is 51.4 Å². The summed E-state index contributed by atoms with van der Waals surface area (Å²) in [5.74, 6) is -0.571. The zero-order valence-electron chi connectivity index (χ0n) is 12.9. The number of aliphatic hydroxyl groups excluding tert-OH is 1. The summed E-state index contributed by atoms with van der Waals surface area (Å²) in [6, 6.07) is 1.37. The van der Waals surface area contributed by atoms with Crippen LogP contribution in [0.5, 0.6) is 0 Å². The monoisotopic (exact) mass is 300 g/mol. The van der Waals surface area contributed by atoms with E-state index in [0.717, 1.165) is 6.20 Å². The van der Waals surface area contributed by atoms with Crippen LogP contribution in [0.25, 0.3) is 0 Å². The predicted molar refractivity (Wildman–Crippen MR) is 81.3 cm³/mol. The van der Waals surface area contributed by atoms with E-state index in [-0.39, 0.29) is 10.7 Å². The van der Waals surface area contributed by atoms with E-state index in [1.165, 1.54) is 6.07 Å². The van der Waals surface area contributed by atoms with Gasteiger partial charge < -0.3 is 15.3 Å². The van der Waals surface area contributed by atoms with Gasteiger partial charge in [-0.3, -0.25) is 4.98 Å². The Labute approximate surface area is 121 Å². The highest BCUT2D eigenvalue weighted by atomic mass is 28.4. The van der Waals surface area contributed by atoms with Gasteiger partial charge in [0.15, 0.2) is 14.1 Å². The number of pyridine rings is 1. The molecule has 1 atom stereocenters. The molecule has 0 aromatic carbocycles. The van der Waals surface area contributed by atoms with Crippen molar-refractivity contribution in [2.24, 2.45) is 0 Å². The summed E-state index contributed by atoms with van der Waals surface area (Å²) in [7, 11) is -1.81. The van der Waals surface area contributed by atoms with Crippen LogP contribution in [0, 0.1) is 5.82 Å². The lowest BCUT2D eigenvalue weighted by atomic mass is 10.1. The summed E-state index contributed by atoms with van der Waals surface area (Å²) in [4.78, 5) is 3.85. The Hall–Kier alpha value is -0.983. The van der Waals surface area contributed by atoms with Crippen molar-refractivity contribution in [3.8, 4) is 0 Å². The summed E-state index contributed by atoms with van der Waals surface area (Å²) in [6.07, 6.45) is 0.662. The minimum Gasteiger partial charge on any atom is -0.417 e. The molecule has 114 valence electrons. The minimum absolute atomic E-state index is 0.000588. The van der Waals surface area contributed by atoms with Gasteiger partial charge in [-0.05, 0) is 24.2 Å². The molecule has 4 nitrogen and oxygen atoms in total. The van der Waals surface area contributed by atoms with Crippen LogP contribution in [0.4, 0.5) is 10.1 Å². The van der Waals surface area contributed by atoms with E-state index in [9.17, 15) is 9.50 Å². The average Bonchev–Trinajstić information content (AvgIpc) is 2.30. The third kappa shape index (κ3) is 4.26. The Balaban J connectivity index is 2.56. The fraction of sp³-hybridized carbons (Fsp3) is 0.643. The fourth-order valence-electron chi connectivity index (χ4n) is 1.44. The van der Waals surface area contributed by atoms with Crippen LogP contribution >= 0.6 is 0 Å². The van der Waals surface area contributed by atoms with Crippen molar-refractivity contribution in [1.82, 2.24) is 4.98 Å². The maximum atomic E-state index is 13.0. The number of anilines is 1. The van der Waals surface area contributed by atoms with Gasteiger partial charge >= 0.3 is 0 Å². The maximum absolute atomic E-state index is 13.0. The second-order valence-electron chi connectivity index (χ2n) is 6.54. The highest BCUT2D eigenvalue weighted by Gasteiger charge is 2.37. The topological polar surface area (TPSA) is 68.4 Å². The van der Waals surface area contributed by atoms with Gasteiger partial charge in [0, 0.05) is 13.0 Å². The van der Waals surface area contributed by atoms with Crippen LogP contribution in [0.3, 0.4) is 0 Å². The van der Waals surface area contributed by atoms with Crippen LogP contribution in [-0.2, 0) is 4.43 Å². The second-order valence-corrected chi connectivity index (χ2v) is 11.4. The summed E-state index contributed by atoms with van der Waals surface area (Å²) in [5.41, 5.74) is 5.84. The number of nitrogens with two attached hydrogens (primary N) is 1. The molecule has 20 heavy (non-hydrogen) atoms. The third-order valence-corrected chi connectivity index (χ3v) is 8.45. The Morgan fingerprint density at radius 1 is 1.45 bits per heavy atom. The lowest BCUT2D eigenvalue weighted by molar-refractivity contribution is 0.132. The number of hydrogen-bond donors (Lipinski definition) is 2. The van der Waals surface area contributed by atoms with E-state index >= 15 is 0 Å². The molecule has 0 saturated heterocycles. The van der Waals surface area contributed by atoms with Gasteiger partial charge in [0.25, 0.3) is 0 Å². The molecule has 3 N–H and O–H groups in total. The van der Waals surface area contributed by atoms with E-state index in [0.29, 0.717) is 18.7 Å². The Morgan fingerprint density at radius 3 is 2.55 bits per heavy atom. The van der Waals surface area contributed by atoms with Gasteiger partial charge in [-0.1, -0.05) is 20.8 Å². The molecule has 1 aromatic heterocycles. The van der Waals surface area contributed by atoms with Crippen LogP contribution < -0.4 is 5.73 Å². The first-order chi connectivity index (χ1) is 9.04. The molecule has 0 fully saturated rings. The third-order valence-electron chi connectivity index (χ3n) is 3.91. The summed E-state index contributed by atoms with van der Waals surface area (Å²) in [5, 5.41) is 10.2. The molecule has 0 bridgehead atoms. The fourth-order valence-corrected chi connectivity index (χ4v) is 2.50. The molecule has 0 saturated carbocycles. The summed E-state index contributed by atoms with van der Waals surface area (Å²) >= 11 is 0. The predicted octanol–water partition coefficient (Wildman–Crippen LogP) is 3.25. The first-order valence-electron chi connectivity index (χ1n) is 6.77. The lowest BCUT2D eigenvalue weighted by Crippen LogP contribution is -2.41. The van der Waals surface area contributed by atoms with Gasteiger partial charge in [0.05, 0.1) is 23.7 Å². The number of hydrogen-bond acceptors (Lipinski definition) is 4. The zero-order chi connectivity index (χ0) is 15.6. The van der Waals surface area contributed by atoms with E-state index in [2.05, 4.69) is 38.8 Å². The van der Waals surface area contributed by atoms with Gasteiger partial charge in [-0.15, -0.1) is 0 Å². The molecular weight excluding hydrogens is 275 g/mol. The standard InChI is InChI=1S/C14H25FN2O2Si/c1-14(2,3)20(4,5)19-7-6-13(18)12-8-11(16)10(15)9-17-12/h8-9,13,18H,6-7H2,1-5H3,(H2,16,17). The van der Waals surface area contributed by atoms with Crippen LogP contribution in [0.2, 0.25) is 18.1 Å². The highest BCUT2D eigenvalue weighted by molar-refractivity contribution is 6.74. The second kappa shape index (κ2) is 6.20. The van der Waals surface area contributed by atoms with Gasteiger partial charge in [-0.25, -0.2) is 4.39 Å². The number of nitrogens with zero attached hydrogens (tertiary/aromatic N) is 1. The molecule has 1 rings (SSSR count). The number of aromatic nitrogens is 1. The minimum atomic E-state index is -1.81. The number of rotatable bonds is 5. The van der Waals surface area contributed by atoms with Crippen LogP contribution in [0.1, 0.15) is 39.0 Å². The lowest BCUT2D eigenvalue weighted by Gasteiger charge is -2.36. The van der Waals surface area contributed by atoms with Crippen molar-refractivity contribution in [1.29, 1.82) is 0 Å². The van der Waals surface area contributed by atoms with E-state index < -0.39 is 20.2 Å². The van der Waals surface area contributed by atoms with Crippen molar-refractivity contribution in [2.75, 3.05) is 12.3 Å². The number of nitrogen functional groups attached to an aromatic ring is 1. The number of aliphatic hydroxyl groups is 1. The first kappa shape index (κ1) is 17.1. The number of halogens is 1. The Morgan fingerprint density at radius 2 is 2.05 bits per heavy atom. The quantitative estimate of drug-likeness (QED) is 0.819. The molecule has 0 aliphatic rings. The van der Waals surface area contributed by atoms with E-state index in [4.69, 9.17) is 10.2 Å². The maximum Gasteiger partial charge on any atom is 0.191 e. The zero-order valence-corrected chi connectivity index (χ0v) is 13.9. The van der Waals surface area contributed by atoms with Crippen molar-refractivity contribution in [3.05, 3.63) is 23.8 Å². The van der Waals surface area contributed by atoms with Crippen molar-refractivity contribution in [3.63, 3.8) is 0 Å². The summed E-state index contributed by atoms with van der Waals surface area (Å²) in [6.45, 7) is 11.3. The molecule has 1 heterocycles. The van der Waals surface area contributed by atoms with Gasteiger partial charge in [0.2, 0.25) is 0 Å². The molecule has 1 unspecified atom stereocenters. The molecule has 0 spiro atoms. The smallest absolute Gasteiger partial charge is 0.191 e. The molecule has 0 amide bonds. The van der Waals surface area contributed by atoms with Crippen molar-refractivity contribution < 1.29 is 13.9 Å². The summed E-state index contributed by atoms with van der Waals surface area (Å²) < 4.78 is 19.0. The van der Waals surface area contributed by atoms with Crippen molar-refractivity contribution >= 4 is 14.0 Å². The molecular formula is C14H25FN2O2Si. The average molecular weight is 300 g/mol. The molecule has 0 aliphatic heterocycles. The highest BCUT2D eigenvalue weighted by Crippen LogP contribution is 2.36. The molecule has 0 aliphatic carbocycles. The molecule has 0 radical (unpaired) electrons. The molecule has 1 aromatic rings. The largest absolute Gasteiger partial charge is 0.417 e. The van der Waals surface area contributed by atoms with E-state index in [1.807, 2.05) is 0 Å². The van der Waals surface area contributed by atoms with Crippen LogP contribution in [0.15, 0.2) is 12.3 Å². The van der Waals surface area contributed by atoms with Crippen LogP contribution in [-0.4, -0.2) is 25.0 Å². The van der Waals surface area contributed by atoms with E-state index in [1.54, 1.807) is 0 Å². The first-order valence-corrected chi connectivity index (χ1v) is 9.68. The van der Waals surface area contributed by atoms with Gasteiger partial charge in [0.1, 0.15) is 0 Å². The van der Waals surface area contributed by atoms with Gasteiger partial charge in [-0.2, -0.15) is 0 Å². The Kier molecular flexibility index (Phi) is 5.29. The normalized spacial score (nSPS) is 14.3. The SMILES string of the molecule is CC(C)(C)[Si](C)(C)OCCC(O)c1cc(N)c(F)cn1. The molecule has 6 heteroatoms. The Bertz CT molecular complexity index is 461.